The Balaban J connectivity index is 1.71. The van der Waals surface area contributed by atoms with Crippen LogP contribution >= 0.6 is 0 Å². The van der Waals surface area contributed by atoms with E-state index >= 15 is 0 Å². The third kappa shape index (κ3) is 2.39. The topological polar surface area (TPSA) is 32.3 Å². The molecule has 0 saturated heterocycles. The molecule has 1 aliphatic heterocycles. The maximum atomic E-state index is 11.0. The van der Waals surface area contributed by atoms with E-state index in [1.54, 1.807) is 0 Å². The second-order valence-corrected chi connectivity index (χ2v) is 6.23. The van der Waals surface area contributed by atoms with Gasteiger partial charge in [-0.2, -0.15) is 0 Å². The molecule has 1 aliphatic carbocycles. The molecule has 1 heterocycles. The van der Waals surface area contributed by atoms with Crippen LogP contribution in [-0.4, -0.2) is 11.7 Å². The van der Waals surface area contributed by atoms with E-state index in [9.17, 15) is 5.11 Å². The molecule has 1 saturated carbocycles. The summed E-state index contributed by atoms with van der Waals surface area (Å²) in [6.07, 6.45) is 3.10. The predicted molar refractivity (Wildman–Crippen MR) is 84.3 cm³/mol. The molecule has 2 atom stereocenters. The third-order valence-corrected chi connectivity index (χ3v) is 4.80. The van der Waals surface area contributed by atoms with Crippen LogP contribution in [0.1, 0.15) is 53.2 Å². The minimum Gasteiger partial charge on any atom is -0.386 e. The zero-order chi connectivity index (χ0) is 14.2. The Morgan fingerprint density at radius 3 is 2.48 bits per heavy atom. The number of hydrogen-bond acceptors (Lipinski definition) is 2. The SMILES string of the molecule is OC(c1ccccc1C1CC1)C1NCCc2ccccc21. The van der Waals surface area contributed by atoms with Crippen molar-refractivity contribution in [3.63, 3.8) is 0 Å². The molecule has 1 fully saturated rings. The highest BCUT2D eigenvalue weighted by Gasteiger charge is 2.32. The summed E-state index contributed by atoms with van der Waals surface area (Å²) in [4.78, 5) is 0. The largest absolute Gasteiger partial charge is 0.386 e. The molecule has 21 heavy (non-hydrogen) atoms. The zero-order valence-electron chi connectivity index (χ0n) is 12.1. The Morgan fingerprint density at radius 1 is 0.952 bits per heavy atom. The Hall–Kier alpha value is -1.64. The van der Waals surface area contributed by atoms with Crippen molar-refractivity contribution in [1.29, 1.82) is 0 Å². The van der Waals surface area contributed by atoms with Crippen LogP contribution in [0.15, 0.2) is 48.5 Å². The van der Waals surface area contributed by atoms with Crippen LogP contribution in [0, 0.1) is 0 Å². The lowest BCUT2D eigenvalue weighted by atomic mass is 9.86. The van der Waals surface area contributed by atoms with E-state index in [2.05, 4.69) is 47.8 Å². The molecule has 0 aromatic heterocycles. The van der Waals surface area contributed by atoms with E-state index in [0.717, 1.165) is 18.5 Å². The standard InChI is InChI=1S/C19H21NO/c21-19(17-8-4-3-6-15(17)14-9-10-14)18-16-7-2-1-5-13(16)11-12-20-18/h1-8,14,18-21H,9-12H2. The van der Waals surface area contributed by atoms with Gasteiger partial charge in [0, 0.05) is 0 Å². The summed E-state index contributed by atoms with van der Waals surface area (Å²) in [5.41, 5.74) is 5.06. The van der Waals surface area contributed by atoms with Gasteiger partial charge in [0.05, 0.1) is 12.1 Å². The molecule has 4 rings (SSSR count). The van der Waals surface area contributed by atoms with E-state index in [1.807, 2.05) is 6.07 Å². The first kappa shape index (κ1) is 13.1. The quantitative estimate of drug-likeness (QED) is 0.901. The van der Waals surface area contributed by atoms with Gasteiger partial charge in [0.25, 0.3) is 0 Å². The van der Waals surface area contributed by atoms with Crippen molar-refractivity contribution in [3.05, 3.63) is 70.8 Å². The Labute approximate surface area is 125 Å². The van der Waals surface area contributed by atoms with Gasteiger partial charge in [-0.1, -0.05) is 48.5 Å². The van der Waals surface area contributed by atoms with Gasteiger partial charge < -0.3 is 10.4 Å². The van der Waals surface area contributed by atoms with Crippen LogP contribution in [0.3, 0.4) is 0 Å². The van der Waals surface area contributed by atoms with E-state index in [-0.39, 0.29) is 6.04 Å². The highest BCUT2D eigenvalue weighted by Crippen LogP contribution is 2.45. The van der Waals surface area contributed by atoms with Crippen molar-refractivity contribution >= 4 is 0 Å². The van der Waals surface area contributed by atoms with Crippen molar-refractivity contribution in [1.82, 2.24) is 5.32 Å². The van der Waals surface area contributed by atoms with Crippen molar-refractivity contribution < 1.29 is 5.11 Å². The summed E-state index contributed by atoms with van der Waals surface area (Å²) >= 11 is 0. The molecule has 2 unspecified atom stereocenters. The molecule has 0 radical (unpaired) electrons. The number of hydrogen-bond donors (Lipinski definition) is 2. The number of benzene rings is 2. The molecular weight excluding hydrogens is 258 g/mol. The van der Waals surface area contributed by atoms with Crippen LogP contribution < -0.4 is 5.32 Å². The molecule has 108 valence electrons. The highest BCUT2D eigenvalue weighted by molar-refractivity contribution is 5.39. The van der Waals surface area contributed by atoms with Gasteiger partial charge in [-0.25, -0.2) is 0 Å². The molecule has 2 nitrogen and oxygen atoms in total. The monoisotopic (exact) mass is 279 g/mol. The first-order valence-corrected chi connectivity index (χ1v) is 7.92. The maximum Gasteiger partial charge on any atom is 0.0987 e. The van der Waals surface area contributed by atoms with Crippen molar-refractivity contribution in [2.24, 2.45) is 0 Å². The summed E-state index contributed by atoms with van der Waals surface area (Å²) < 4.78 is 0. The number of nitrogens with one attached hydrogen (secondary N) is 1. The smallest absolute Gasteiger partial charge is 0.0987 e. The molecule has 0 bridgehead atoms. The highest BCUT2D eigenvalue weighted by atomic mass is 16.3. The fraction of sp³-hybridized carbons (Fsp3) is 0.368. The Kier molecular flexibility index (Phi) is 3.28. The Bertz CT molecular complexity index is 648. The molecule has 2 aromatic carbocycles. The van der Waals surface area contributed by atoms with Gasteiger partial charge in [0.2, 0.25) is 0 Å². The van der Waals surface area contributed by atoms with Gasteiger partial charge in [0.15, 0.2) is 0 Å². The summed E-state index contributed by atoms with van der Waals surface area (Å²) in [6, 6.07) is 16.9. The second-order valence-electron chi connectivity index (χ2n) is 6.23. The van der Waals surface area contributed by atoms with Gasteiger partial charge in [-0.3, -0.25) is 0 Å². The van der Waals surface area contributed by atoms with E-state index in [4.69, 9.17) is 0 Å². The van der Waals surface area contributed by atoms with Gasteiger partial charge in [-0.05, 0) is 54.0 Å². The molecule has 0 amide bonds. The first-order chi connectivity index (χ1) is 10.3. The lowest BCUT2D eigenvalue weighted by Gasteiger charge is -2.31. The number of fused-ring (bicyclic) bond motifs is 1. The lowest BCUT2D eigenvalue weighted by Crippen LogP contribution is -2.34. The normalized spacial score (nSPS) is 22.6. The van der Waals surface area contributed by atoms with E-state index < -0.39 is 6.10 Å². The lowest BCUT2D eigenvalue weighted by molar-refractivity contribution is 0.124. The maximum absolute atomic E-state index is 11.0. The molecular formula is C19H21NO. The fourth-order valence-electron chi connectivity index (χ4n) is 3.55. The van der Waals surface area contributed by atoms with Crippen LogP contribution in [-0.2, 0) is 6.42 Å². The molecule has 2 aromatic rings. The number of aliphatic hydroxyl groups is 1. The second kappa shape index (κ2) is 5.28. The summed E-state index contributed by atoms with van der Waals surface area (Å²) in [5.74, 6) is 0.662. The van der Waals surface area contributed by atoms with Crippen LogP contribution in [0.4, 0.5) is 0 Å². The van der Waals surface area contributed by atoms with Crippen LogP contribution in [0.5, 0.6) is 0 Å². The first-order valence-electron chi connectivity index (χ1n) is 7.92. The average Bonchev–Trinajstić information content (AvgIpc) is 3.38. The zero-order valence-corrected chi connectivity index (χ0v) is 12.1. The van der Waals surface area contributed by atoms with Gasteiger partial charge in [-0.15, -0.1) is 0 Å². The van der Waals surface area contributed by atoms with Gasteiger partial charge >= 0.3 is 0 Å². The van der Waals surface area contributed by atoms with E-state index in [1.165, 1.54) is 29.5 Å². The number of aliphatic hydroxyl groups excluding tert-OH is 1. The average molecular weight is 279 g/mol. The summed E-state index contributed by atoms with van der Waals surface area (Å²) in [7, 11) is 0. The Morgan fingerprint density at radius 2 is 1.67 bits per heavy atom. The van der Waals surface area contributed by atoms with Crippen molar-refractivity contribution in [3.8, 4) is 0 Å². The number of rotatable bonds is 3. The molecule has 2 heteroatoms. The van der Waals surface area contributed by atoms with Gasteiger partial charge in [0.1, 0.15) is 0 Å². The molecule has 2 aliphatic rings. The predicted octanol–water partition coefficient (Wildman–Crippen LogP) is 3.48. The van der Waals surface area contributed by atoms with Crippen molar-refractivity contribution in [2.45, 2.75) is 37.3 Å². The van der Waals surface area contributed by atoms with Crippen molar-refractivity contribution in [2.75, 3.05) is 6.54 Å². The minimum absolute atomic E-state index is 0.00912. The third-order valence-electron chi connectivity index (χ3n) is 4.80. The fourth-order valence-corrected chi connectivity index (χ4v) is 3.55. The summed E-state index contributed by atoms with van der Waals surface area (Å²) in [6.45, 7) is 0.935. The van der Waals surface area contributed by atoms with Crippen LogP contribution in [0.25, 0.3) is 0 Å². The van der Waals surface area contributed by atoms with Crippen LogP contribution in [0.2, 0.25) is 0 Å². The molecule has 2 N–H and O–H groups in total. The van der Waals surface area contributed by atoms with E-state index in [0.29, 0.717) is 5.92 Å². The molecule has 0 spiro atoms. The minimum atomic E-state index is -0.469. The summed E-state index contributed by atoms with van der Waals surface area (Å²) in [5, 5.41) is 14.5.